The predicted molar refractivity (Wildman–Crippen MR) is 48.3 cm³/mol. The average Bonchev–Trinajstić information content (AvgIpc) is 2.05. The highest BCUT2D eigenvalue weighted by molar-refractivity contribution is 7.87. The van der Waals surface area contributed by atoms with E-state index >= 15 is 0 Å². The molecule has 4 N–H and O–H groups in total. The summed E-state index contributed by atoms with van der Waals surface area (Å²) in [6.45, 7) is 0.342. The third-order valence-corrected chi connectivity index (χ3v) is 2.42. The van der Waals surface area contributed by atoms with Crippen LogP contribution in [0.2, 0.25) is 0 Å². The van der Waals surface area contributed by atoms with Gasteiger partial charge in [-0.05, 0) is 12.8 Å². The number of aliphatic hydroxyl groups is 2. The van der Waals surface area contributed by atoms with Crippen molar-refractivity contribution in [2.24, 2.45) is 0 Å². The van der Waals surface area contributed by atoms with E-state index in [0.29, 0.717) is 12.8 Å². The molecule has 0 atom stereocenters. The molecule has 13 heavy (non-hydrogen) atoms. The Kier molecular flexibility index (Phi) is 7.10. The molecule has 0 aromatic heterocycles. The second-order valence-corrected chi connectivity index (χ2v) is 4.03. The first-order valence-corrected chi connectivity index (χ1v) is 5.56. The molecule has 0 aliphatic carbocycles. The van der Waals surface area contributed by atoms with E-state index in [0.717, 1.165) is 0 Å². The highest BCUT2D eigenvalue weighted by Crippen LogP contribution is 1.81. The highest BCUT2D eigenvalue weighted by atomic mass is 32.2. The SMILES string of the molecule is O=S(=O)(NCCCO)NCCCO. The van der Waals surface area contributed by atoms with Gasteiger partial charge < -0.3 is 10.2 Å². The van der Waals surface area contributed by atoms with Crippen molar-refractivity contribution in [1.29, 1.82) is 0 Å². The van der Waals surface area contributed by atoms with Crippen LogP contribution < -0.4 is 9.44 Å². The van der Waals surface area contributed by atoms with Crippen molar-refractivity contribution in [3.8, 4) is 0 Å². The average molecular weight is 212 g/mol. The molecule has 0 saturated heterocycles. The Hall–Kier alpha value is -0.210. The Morgan fingerprint density at radius 1 is 0.923 bits per heavy atom. The molecule has 0 aliphatic heterocycles. The van der Waals surface area contributed by atoms with Gasteiger partial charge in [0.25, 0.3) is 10.2 Å². The van der Waals surface area contributed by atoms with Crippen LogP contribution in [0, 0.1) is 0 Å². The van der Waals surface area contributed by atoms with Gasteiger partial charge >= 0.3 is 0 Å². The van der Waals surface area contributed by atoms with Crippen LogP contribution >= 0.6 is 0 Å². The topological polar surface area (TPSA) is 98.7 Å². The third-order valence-electron chi connectivity index (χ3n) is 1.25. The Labute approximate surface area is 78.1 Å². The van der Waals surface area contributed by atoms with Crippen molar-refractivity contribution in [3.63, 3.8) is 0 Å². The molecule has 0 amide bonds. The fraction of sp³-hybridized carbons (Fsp3) is 1.00. The molecule has 0 saturated carbocycles. The summed E-state index contributed by atoms with van der Waals surface area (Å²) in [5.41, 5.74) is 0. The summed E-state index contributed by atoms with van der Waals surface area (Å²) < 4.78 is 26.5. The molecule has 80 valence electrons. The maximum absolute atomic E-state index is 11.0. The summed E-state index contributed by atoms with van der Waals surface area (Å²) in [4.78, 5) is 0. The zero-order valence-electron chi connectivity index (χ0n) is 7.36. The van der Waals surface area contributed by atoms with Gasteiger partial charge in [-0.1, -0.05) is 0 Å². The third kappa shape index (κ3) is 8.13. The summed E-state index contributed by atoms with van der Waals surface area (Å²) in [6.07, 6.45) is 0.780. The molecule has 6 nitrogen and oxygen atoms in total. The predicted octanol–water partition coefficient (Wildman–Crippen LogP) is -1.82. The van der Waals surface area contributed by atoms with Gasteiger partial charge in [0.05, 0.1) is 0 Å². The number of rotatable bonds is 8. The minimum Gasteiger partial charge on any atom is -0.396 e. The van der Waals surface area contributed by atoms with Crippen LogP contribution in [0.25, 0.3) is 0 Å². The first-order chi connectivity index (χ1) is 6.12. The minimum absolute atomic E-state index is 0.0425. The van der Waals surface area contributed by atoms with Crippen LogP contribution in [0.3, 0.4) is 0 Å². The van der Waals surface area contributed by atoms with Crippen molar-refractivity contribution < 1.29 is 18.6 Å². The standard InChI is InChI=1S/C6H16N2O4S/c9-5-1-3-7-13(11,12)8-4-2-6-10/h7-10H,1-6H2. The number of nitrogens with one attached hydrogen (secondary N) is 2. The molecule has 0 aromatic carbocycles. The molecule has 0 heterocycles. The minimum atomic E-state index is -3.45. The molecule has 0 unspecified atom stereocenters. The lowest BCUT2D eigenvalue weighted by atomic mass is 10.5. The van der Waals surface area contributed by atoms with E-state index in [9.17, 15) is 8.42 Å². The quantitative estimate of drug-likeness (QED) is 0.356. The Morgan fingerprint density at radius 2 is 1.31 bits per heavy atom. The second kappa shape index (κ2) is 7.22. The van der Waals surface area contributed by atoms with Crippen LogP contribution in [0.5, 0.6) is 0 Å². The molecule has 0 bridgehead atoms. The number of hydrogen-bond acceptors (Lipinski definition) is 4. The Bertz CT molecular complexity index is 189. The normalized spacial score (nSPS) is 11.8. The van der Waals surface area contributed by atoms with Crippen LogP contribution in [0.1, 0.15) is 12.8 Å². The van der Waals surface area contributed by atoms with E-state index < -0.39 is 10.2 Å². The van der Waals surface area contributed by atoms with E-state index in [2.05, 4.69) is 9.44 Å². The van der Waals surface area contributed by atoms with E-state index in [-0.39, 0.29) is 26.3 Å². The lowest BCUT2D eigenvalue weighted by Gasteiger charge is -2.06. The van der Waals surface area contributed by atoms with Gasteiger partial charge in [0.2, 0.25) is 0 Å². The van der Waals surface area contributed by atoms with Crippen molar-refractivity contribution in [2.75, 3.05) is 26.3 Å². The highest BCUT2D eigenvalue weighted by Gasteiger charge is 2.06. The molecular weight excluding hydrogens is 196 g/mol. The van der Waals surface area contributed by atoms with Gasteiger partial charge in [0.15, 0.2) is 0 Å². The molecule has 0 rings (SSSR count). The van der Waals surface area contributed by atoms with Gasteiger partial charge in [0, 0.05) is 26.3 Å². The summed E-state index contributed by atoms with van der Waals surface area (Å²) in [7, 11) is -3.45. The van der Waals surface area contributed by atoms with E-state index in [1.165, 1.54) is 0 Å². The van der Waals surface area contributed by atoms with E-state index in [4.69, 9.17) is 10.2 Å². The first kappa shape index (κ1) is 12.8. The summed E-state index contributed by atoms with van der Waals surface area (Å²) in [6, 6.07) is 0. The molecule has 7 heteroatoms. The second-order valence-electron chi connectivity index (χ2n) is 2.45. The van der Waals surface area contributed by atoms with Gasteiger partial charge in [-0.15, -0.1) is 0 Å². The molecular formula is C6H16N2O4S. The first-order valence-electron chi connectivity index (χ1n) is 4.08. The zero-order valence-corrected chi connectivity index (χ0v) is 8.18. The van der Waals surface area contributed by atoms with Crippen LogP contribution in [0.15, 0.2) is 0 Å². The fourth-order valence-electron chi connectivity index (χ4n) is 0.622. The summed E-state index contributed by atoms with van der Waals surface area (Å²) in [5.74, 6) is 0. The van der Waals surface area contributed by atoms with Crippen LogP contribution in [0.4, 0.5) is 0 Å². The number of aliphatic hydroxyl groups excluding tert-OH is 2. The lowest BCUT2D eigenvalue weighted by molar-refractivity contribution is 0.288. The molecule has 0 aliphatic rings. The molecule has 0 aromatic rings. The van der Waals surface area contributed by atoms with Crippen molar-refractivity contribution >= 4 is 10.2 Å². The summed E-state index contributed by atoms with van der Waals surface area (Å²) in [5, 5.41) is 16.8. The fourth-order valence-corrected chi connectivity index (χ4v) is 1.55. The van der Waals surface area contributed by atoms with Gasteiger partial charge in [-0.3, -0.25) is 0 Å². The molecule has 0 fully saturated rings. The largest absolute Gasteiger partial charge is 0.396 e. The summed E-state index contributed by atoms with van der Waals surface area (Å²) >= 11 is 0. The monoisotopic (exact) mass is 212 g/mol. The van der Waals surface area contributed by atoms with Gasteiger partial charge in [0.1, 0.15) is 0 Å². The van der Waals surface area contributed by atoms with Crippen molar-refractivity contribution in [1.82, 2.24) is 9.44 Å². The molecule has 0 radical (unpaired) electrons. The van der Waals surface area contributed by atoms with Crippen LogP contribution in [-0.2, 0) is 10.2 Å². The maximum atomic E-state index is 11.0. The Morgan fingerprint density at radius 3 is 1.62 bits per heavy atom. The lowest BCUT2D eigenvalue weighted by Crippen LogP contribution is -2.37. The van der Waals surface area contributed by atoms with Crippen molar-refractivity contribution in [2.45, 2.75) is 12.8 Å². The van der Waals surface area contributed by atoms with E-state index in [1.807, 2.05) is 0 Å². The zero-order chi connectivity index (χ0) is 10.2. The maximum Gasteiger partial charge on any atom is 0.276 e. The van der Waals surface area contributed by atoms with Gasteiger partial charge in [-0.2, -0.15) is 8.42 Å². The smallest absolute Gasteiger partial charge is 0.276 e. The number of hydrogen-bond donors (Lipinski definition) is 4. The molecule has 0 spiro atoms. The van der Waals surface area contributed by atoms with E-state index in [1.54, 1.807) is 0 Å². The Balaban J connectivity index is 3.55. The van der Waals surface area contributed by atoms with Gasteiger partial charge in [-0.25, -0.2) is 9.44 Å². The van der Waals surface area contributed by atoms with Crippen LogP contribution in [-0.4, -0.2) is 44.9 Å². The van der Waals surface area contributed by atoms with Crippen molar-refractivity contribution in [3.05, 3.63) is 0 Å².